The van der Waals surface area contributed by atoms with Gasteiger partial charge in [0, 0.05) is 10.0 Å². The number of halogens is 1. The lowest BCUT2D eigenvalue weighted by molar-refractivity contribution is 0.786. The van der Waals surface area contributed by atoms with Gasteiger partial charge in [-0.1, -0.05) is 51.5 Å². The van der Waals surface area contributed by atoms with E-state index in [9.17, 15) is 9.59 Å². The molecule has 0 aliphatic heterocycles. The molecule has 0 amide bonds. The summed E-state index contributed by atoms with van der Waals surface area (Å²) >= 11 is 4.94. The van der Waals surface area contributed by atoms with Gasteiger partial charge in [-0.05, 0) is 54.3 Å². The molecule has 0 atom stereocenters. The highest BCUT2D eigenvalue weighted by molar-refractivity contribution is 9.10. The normalized spacial score (nSPS) is 14.7. The van der Waals surface area contributed by atoms with E-state index in [0.29, 0.717) is 23.5 Å². The topological polar surface area (TPSA) is 67.8 Å². The first kappa shape index (κ1) is 17.3. The number of allylic oxidation sites excluding steroid dienone is 1. The minimum Gasteiger partial charge on any atom is -0.283 e. The summed E-state index contributed by atoms with van der Waals surface area (Å²) in [5, 5.41) is 3.38. The summed E-state index contributed by atoms with van der Waals surface area (Å²) in [4.78, 5) is 29.4. The van der Waals surface area contributed by atoms with Gasteiger partial charge in [0.15, 0.2) is 0 Å². The van der Waals surface area contributed by atoms with E-state index in [1.165, 1.54) is 11.3 Å². The lowest BCUT2D eigenvalue weighted by Crippen LogP contribution is -2.34. The summed E-state index contributed by atoms with van der Waals surface area (Å²) in [5.74, 6) is 0. The highest BCUT2D eigenvalue weighted by atomic mass is 79.9. The van der Waals surface area contributed by atoms with Crippen LogP contribution in [0.5, 0.6) is 0 Å². The maximum absolute atomic E-state index is 12.5. The van der Waals surface area contributed by atoms with Crippen molar-refractivity contribution >= 4 is 49.1 Å². The van der Waals surface area contributed by atoms with E-state index in [1.807, 2.05) is 48.5 Å². The van der Waals surface area contributed by atoms with Crippen LogP contribution >= 0.6 is 27.3 Å². The first-order valence-electron chi connectivity index (χ1n) is 8.81. The van der Waals surface area contributed by atoms with E-state index in [2.05, 4.69) is 32.1 Å². The Bertz CT molecular complexity index is 1330. The van der Waals surface area contributed by atoms with Crippen molar-refractivity contribution in [1.29, 1.82) is 0 Å². The zero-order chi connectivity index (χ0) is 19.3. The molecular formula is C21H14BrN3O2S. The molecule has 5 rings (SSSR count). The van der Waals surface area contributed by atoms with Gasteiger partial charge in [-0.25, -0.2) is 9.67 Å². The Morgan fingerprint density at radius 2 is 1.86 bits per heavy atom. The molecule has 0 saturated heterocycles. The van der Waals surface area contributed by atoms with E-state index in [4.69, 9.17) is 0 Å². The van der Waals surface area contributed by atoms with Crippen LogP contribution in [-0.2, 0) is 6.42 Å². The van der Waals surface area contributed by atoms with E-state index in [-0.39, 0.29) is 0 Å². The number of thiazole rings is 1. The lowest BCUT2D eigenvalue weighted by Gasteiger charge is -2.10. The number of nitrogens with one attached hydrogen (secondary N) is 1. The van der Waals surface area contributed by atoms with Crippen LogP contribution in [-0.4, -0.2) is 14.8 Å². The average molecular weight is 452 g/mol. The van der Waals surface area contributed by atoms with Gasteiger partial charge in [0.2, 0.25) is 10.6 Å². The Hall–Kier alpha value is -2.77. The van der Waals surface area contributed by atoms with Crippen molar-refractivity contribution in [3.05, 3.63) is 90.4 Å². The third kappa shape index (κ3) is 2.87. The largest absolute Gasteiger partial charge is 0.310 e. The monoisotopic (exact) mass is 451 g/mol. The van der Waals surface area contributed by atoms with Gasteiger partial charge in [0.05, 0.1) is 15.9 Å². The Balaban J connectivity index is 1.74. The second kappa shape index (κ2) is 6.68. The van der Waals surface area contributed by atoms with Crippen LogP contribution in [0.15, 0.2) is 62.6 Å². The van der Waals surface area contributed by atoms with E-state index < -0.39 is 11.0 Å². The standard InChI is InChI=1S/C21H14BrN3O2S/c22-14-8-5-12(6-9-14)11-13-7-10-15-18(13)25(24-20(27)19(15)26)21-23-16-3-1-2-4-17(16)28-21/h1-6,8-9,11H,7,10H2,(H,24,27)/b13-11-. The number of aromatic nitrogens is 3. The molecule has 4 aromatic rings. The quantitative estimate of drug-likeness (QED) is 0.459. The third-order valence-electron chi connectivity index (χ3n) is 4.84. The minimum atomic E-state index is -0.608. The summed E-state index contributed by atoms with van der Waals surface area (Å²) in [5.41, 5.74) is 3.19. The number of aromatic amines is 1. The maximum Gasteiger partial charge on any atom is 0.310 e. The molecule has 0 unspecified atom stereocenters. The number of nitrogens with zero attached hydrogens (tertiary/aromatic N) is 2. The van der Waals surface area contributed by atoms with Gasteiger partial charge in [-0.3, -0.25) is 14.7 Å². The molecule has 2 aromatic heterocycles. The fourth-order valence-electron chi connectivity index (χ4n) is 3.54. The third-order valence-corrected chi connectivity index (χ3v) is 6.39. The van der Waals surface area contributed by atoms with Crippen molar-refractivity contribution in [1.82, 2.24) is 14.8 Å². The molecule has 138 valence electrons. The summed E-state index contributed by atoms with van der Waals surface area (Å²) in [6, 6.07) is 15.8. The van der Waals surface area contributed by atoms with Crippen LogP contribution in [0.1, 0.15) is 23.2 Å². The predicted molar refractivity (Wildman–Crippen MR) is 116 cm³/mol. The van der Waals surface area contributed by atoms with Gasteiger partial charge in [0.25, 0.3) is 0 Å². The fourth-order valence-corrected chi connectivity index (χ4v) is 4.73. The lowest BCUT2D eigenvalue weighted by atomic mass is 10.1. The van der Waals surface area contributed by atoms with Gasteiger partial charge in [-0.2, -0.15) is 0 Å². The van der Waals surface area contributed by atoms with Crippen LogP contribution in [0.2, 0.25) is 0 Å². The second-order valence-electron chi connectivity index (χ2n) is 6.62. The highest BCUT2D eigenvalue weighted by Gasteiger charge is 2.26. The van der Waals surface area contributed by atoms with Crippen LogP contribution in [0.3, 0.4) is 0 Å². The zero-order valence-electron chi connectivity index (χ0n) is 14.6. The fraction of sp³-hybridized carbons (Fsp3) is 0.0952. The molecule has 1 aliphatic carbocycles. The van der Waals surface area contributed by atoms with Gasteiger partial charge < -0.3 is 0 Å². The number of hydrogen-bond acceptors (Lipinski definition) is 4. The maximum atomic E-state index is 12.5. The SMILES string of the molecule is O=c1[nH]n(-c2nc3ccccc3s2)c2c(c1=O)CC/C2=C/c1ccc(Br)cc1. The van der Waals surface area contributed by atoms with Gasteiger partial charge in [-0.15, -0.1) is 0 Å². The van der Waals surface area contributed by atoms with Gasteiger partial charge in [0.1, 0.15) is 0 Å². The number of benzene rings is 2. The molecule has 5 nitrogen and oxygen atoms in total. The molecule has 7 heteroatoms. The van der Waals surface area contributed by atoms with Crippen molar-refractivity contribution in [2.75, 3.05) is 0 Å². The van der Waals surface area contributed by atoms with Crippen molar-refractivity contribution in [3.63, 3.8) is 0 Å². The number of rotatable bonds is 2. The van der Waals surface area contributed by atoms with E-state index >= 15 is 0 Å². The Morgan fingerprint density at radius 3 is 2.64 bits per heavy atom. The summed E-state index contributed by atoms with van der Waals surface area (Å²) in [7, 11) is 0. The number of H-pyrrole nitrogens is 1. The van der Waals surface area contributed by atoms with Gasteiger partial charge >= 0.3 is 5.56 Å². The minimum absolute atomic E-state index is 0.452. The molecule has 1 aliphatic rings. The molecule has 0 spiro atoms. The van der Waals surface area contributed by atoms with Crippen molar-refractivity contribution in [2.45, 2.75) is 12.8 Å². The smallest absolute Gasteiger partial charge is 0.283 e. The summed E-state index contributed by atoms with van der Waals surface area (Å²) in [6.45, 7) is 0. The van der Waals surface area contributed by atoms with E-state index in [0.717, 1.165) is 31.5 Å². The number of fused-ring (bicyclic) bond motifs is 2. The first-order chi connectivity index (χ1) is 13.6. The Kier molecular flexibility index (Phi) is 4.14. The van der Waals surface area contributed by atoms with Crippen LogP contribution in [0.4, 0.5) is 0 Å². The van der Waals surface area contributed by atoms with Crippen LogP contribution in [0, 0.1) is 0 Å². The Morgan fingerprint density at radius 1 is 1.07 bits per heavy atom. The van der Waals surface area contributed by atoms with Crippen molar-refractivity contribution in [2.24, 2.45) is 0 Å². The second-order valence-corrected chi connectivity index (χ2v) is 8.54. The van der Waals surface area contributed by atoms with Crippen molar-refractivity contribution in [3.8, 4) is 5.13 Å². The first-order valence-corrected chi connectivity index (χ1v) is 10.4. The Labute approximate surface area is 172 Å². The number of para-hydroxylation sites is 1. The van der Waals surface area contributed by atoms with Crippen molar-refractivity contribution < 1.29 is 0 Å². The average Bonchev–Trinajstić information content (AvgIpc) is 3.31. The molecule has 0 fully saturated rings. The molecular weight excluding hydrogens is 438 g/mol. The zero-order valence-corrected chi connectivity index (χ0v) is 17.0. The van der Waals surface area contributed by atoms with Crippen LogP contribution in [0.25, 0.3) is 27.0 Å². The molecule has 2 aromatic carbocycles. The molecule has 0 saturated carbocycles. The highest BCUT2D eigenvalue weighted by Crippen LogP contribution is 2.34. The molecule has 0 bridgehead atoms. The summed E-state index contributed by atoms with van der Waals surface area (Å²) in [6.07, 6.45) is 3.34. The van der Waals surface area contributed by atoms with E-state index in [1.54, 1.807) is 4.68 Å². The predicted octanol–water partition coefficient (Wildman–Crippen LogP) is 4.38. The molecule has 2 heterocycles. The molecule has 28 heavy (non-hydrogen) atoms. The molecule has 1 N–H and O–H groups in total. The van der Waals surface area contributed by atoms with Crippen LogP contribution < -0.4 is 11.0 Å². The summed E-state index contributed by atoms with van der Waals surface area (Å²) < 4.78 is 3.72. The number of hydrogen-bond donors (Lipinski definition) is 1. The molecule has 0 radical (unpaired) electrons.